The molecule has 2 heterocycles. The van der Waals surface area contributed by atoms with Gasteiger partial charge in [0.25, 0.3) is 0 Å². The van der Waals surface area contributed by atoms with Gasteiger partial charge in [-0.25, -0.2) is 15.0 Å². The predicted molar refractivity (Wildman–Crippen MR) is 109 cm³/mol. The van der Waals surface area contributed by atoms with Crippen molar-refractivity contribution in [3.63, 3.8) is 0 Å². The number of nitrogens with one attached hydrogen (secondary N) is 2. The summed E-state index contributed by atoms with van der Waals surface area (Å²) < 4.78 is 16.0. The second kappa shape index (κ2) is 9.69. The summed E-state index contributed by atoms with van der Waals surface area (Å²) >= 11 is 1.39. The summed E-state index contributed by atoms with van der Waals surface area (Å²) in [6.07, 6.45) is 3.44. The first-order chi connectivity index (χ1) is 14.1. The number of methoxy groups -OCH3 is 3. The van der Waals surface area contributed by atoms with Crippen LogP contribution in [-0.2, 0) is 17.8 Å². The molecule has 0 fully saturated rings. The van der Waals surface area contributed by atoms with Gasteiger partial charge in [-0.1, -0.05) is 0 Å². The lowest BCUT2D eigenvalue weighted by Crippen LogP contribution is -2.24. The Balaban J connectivity index is 1.58. The molecule has 0 atom stereocenters. The van der Waals surface area contributed by atoms with Gasteiger partial charge in [-0.15, -0.1) is 11.3 Å². The van der Waals surface area contributed by atoms with Gasteiger partial charge in [0.1, 0.15) is 0 Å². The molecule has 0 saturated heterocycles. The largest absolute Gasteiger partial charge is 0.493 e. The van der Waals surface area contributed by atoms with Crippen molar-refractivity contribution in [2.75, 3.05) is 26.6 Å². The molecule has 1 aromatic carbocycles. The van der Waals surface area contributed by atoms with E-state index < -0.39 is 0 Å². The fourth-order valence-corrected chi connectivity index (χ4v) is 3.27. The van der Waals surface area contributed by atoms with Gasteiger partial charge in [0, 0.05) is 24.3 Å². The molecule has 3 rings (SSSR count). The number of aromatic nitrogens is 3. The van der Waals surface area contributed by atoms with E-state index in [0.29, 0.717) is 40.6 Å². The van der Waals surface area contributed by atoms with Crippen LogP contribution in [0.15, 0.2) is 36.0 Å². The molecule has 29 heavy (non-hydrogen) atoms. The number of rotatable bonds is 9. The van der Waals surface area contributed by atoms with Gasteiger partial charge >= 0.3 is 0 Å². The summed E-state index contributed by atoms with van der Waals surface area (Å²) in [7, 11) is 4.64. The molecule has 0 spiro atoms. The lowest BCUT2D eigenvalue weighted by atomic mass is 10.1. The number of anilines is 2. The highest BCUT2D eigenvalue weighted by molar-refractivity contribution is 7.13. The summed E-state index contributed by atoms with van der Waals surface area (Å²) in [6.45, 7) is 0.322. The van der Waals surface area contributed by atoms with E-state index in [-0.39, 0.29) is 12.3 Å². The minimum atomic E-state index is -0.147. The number of thiazole rings is 1. The summed E-state index contributed by atoms with van der Waals surface area (Å²) in [5, 5.41) is 8.33. The second-order valence-electron chi connectivity index (χ2n) is 5.83. The highest BCUT2D eigenvalue weighted by Crippen LogP contribution is 2.38. The molecular formula is C19H21N5O4S. The third-order valence-corrected chi connectivity index (χ3v) is 4.70. The number of nitrogens with zero attached hydrogens (tertiary/aromatic N) is 3. The van der Waals surface area contributed by atoms with E-state index in [0.717, 1.165) is 5.56 Å². The molecule has 1 amide bonds. The number of carbonyl (C=O) groups excluding carboxylic acids is 1. The molecule has 0 bridgehead atoms. The zero-order chi connectivity index (χ0) is 20.6. The number of hydrogen-bond donors (Lipinski definition) is 2. The van der Waals surface area contributed by atoms with Crippen LogP contribution in [0, 0.1) is 0 Å². The maximum atomic E-state index is 12.3. The standard InChI is InChI=1S/C19H21N5O4S/c1-26-14-7-12(8-15(27-2)17(14)28-3)10-22-16(25)9-13-11-29-19(23-13)24-18-20-5-4-6-21-18/h4-8,11H,9-10H2,1-3H3,(H,22,25)(H,20,21,23,24). The fourth-order valence-electron chi connectivity index (χ4n) is 2.57. The van der Waals surface area contributed by atoms with Gasteiger partial charge in [-0.2, -0.15) is 0 Å². The zero-order valence-corrected chi connectivity index (χ0v) is 17.1. The molecule has 0 aliphatic heterocycles. The normalized spacial score (nSPS) is 10.3. The summed E-state index contributed by atoms with van der Waals surface area (Å²) in [5.74, 6) is 1.89. The maximum Gasteiger partial charge on any atom is 0.228 e. The average molecular weight is 415 g/mol. The van der Waals surface area contributed by atoms with E-state index in [1.165, 1.54) is 11.3 Å². The number of benzene rings is 1. The first-order valence-electron chi connectivity index (χ1n) is 8.67. The van der Waals surface area contributed by atoms with Gasteiger partial charge in [0.2, 0.25) is 17.6 Å². The lowest BCUT2D eigenvalue weighted by molar-refractivity contribution is -0.120. The lowest BCUT2D eigenvalue weighted by Gasteiger charge is -2.14. The van der Waals surface area contributed by atoms with Crippen molar-refractivity contribution in [1.29, 1.82) is 0 Å². The molecule has 0 unspecified atom stereocenters. The van der Waals surface area contributed by atoms with E-state index >= 15 is 0 Å². The SMILES string of the molecule is COc1cc(CNC(=O)Cc2csc(Nc3ncccn3)n2)cc(OC)c1OC. The maximum absolute atomic E-state index is 12.3. The van der Waals surface area contributed by atoms with E-state index in [1.807, 2.05) is 5.38 Å². The van der Waals surface area contributed by atoms with Crippen molar-refractivity contribution in [2.24, 2.45) is 0 Å². The average Bonchev–Trinajstić information content (AvgIpc) is 3.18. The molecule has 2 N–H and O–H groups in total. The Morgan fingerprint density at radius 2 is 1.76 bits per heavy atom. The Bertz CT molecular complexity index is 939. The van der Waals surface area contributed by atoms with Crippen molar-refractivity contribution < 1.29 is 19.0 Å². The van der Waals surface area contributed by atoms with Crippen LogP contribution in [0.4, 0.5) is 11.1 Å². The van der Waals surface area contributed by atoms with E-state index in [1.54, 1.807) is 51.9 Å². The Kier molecular flexibility index (Phi) is 6.80. The minimum absolute atomic E-state index is 0.147. The van der Waals surface area contributed by atoms with Crippen LogP contribution in [-0.4, -0.2) is 42.2 Å². The Labute approximate surface area is 172 Å². The molecule has 9 nitrogen and oxygen atoms in total. The smallest absolute Gasteiger partial charge is 0.228 e. The number of carbonyl (C=O) groups is 1. The predicted octanol–water partition coefficient (Wildman–Crippen LogP) is 2.56. The number of ether oxygens (including phenoxy) is 3. The van der Waals surface area contributed by atoms with Crippen molar-refractivity contribution in [3.8, 4) is 17.2 Å². The summed E-state index contributed by atoms with van der Waals surface area (Å²) in [4.78, 5) is 24.9. The van der Waals surface area contributed by atoms with Crippen molar-refractivity contribution >= 4 is 28.3 Å². The molecule has 10 heteroatoms. The minimum Gasteiger partial charge on any atom is -0.493 e. The van der Waals surface area contributed by atoms with Crippen LogP contribution in [0.2, 0.25) is 0 Å². The molecule has 2 aromatic heterocycles. The first-order valence-corrected chi connectivity index (χ1v) is 9.55. The molecule has 0 aliphatic rings. The van der Waals surface area contributed by atoms with Gasteiger partial charge in [0.05, 0.1) is 33.4 Å². The molecule has 0 saturated carbocycles. The summed E-state index contributed by atoms with van der Waals surface area (Å²) in [5.41, 5.74) is 1.49. The van der Waals surface area contributed by atoms with Crippen LogP contribution < -0.4 is 24.8 Å². The molecule has 152 valence electrons. The molecular weight excluding hydrogens is 394 g/mol. The zero-order valence-electron chi connectivity index (χ0n) is 16.3. The monoisotopic (exact) mass is 415 g/mol. The van der Waals surface area contributed by atoms with Crippen molar-refractivity contribution in [1.82, 2.24) is 20.3 Å². The van der Waals surface area contributed by atoms with Gasteiger partial charge in [0.15, 0.2) is 16.6 Å². The van der Waals surface area contributed by atoms with Crippen LogP contribution in [0.5, 0.6) is 17.2 Å². The van der Waals surface area contributed by atoms with E-state index in [2.05, 4.69) is 25.6 Å². The quantitative estimate of drug-likeness (QED) is 0.549. The molecule has 0 aliphatic carbocycles. The number of amides is 1. The van der Waals surface area contributed by atoms with Crippen LogP contribution in [0.3, 0.4) is 0 Å². The first kappa shape index (κ1) is 20.3. The van der Waals surface area contributed by atoms with Gasteiger partial charge < -0.3 is 24.8 Å². The highest BCUT2D eigenvalue weighted by Gasteiger charge is 2.14. The van der Waals surface area contributed by atoms with Gasteiger partial charge in [-0.3, -0.25) is 4.79 Å². The Morgan fingerprint density at radius 1 is 1.07 bits per heavy atom. The van der Waals surface area contributed by atoms with Crippen molar-refractivity contribution in [2.45, 2.75) is 13.0 Å². The van der Waals surface area contributed by atoms with E-state index in [4.69, 9.17) is 14.2 Å². The molecule has 3 aromatic rings. The Hall–Kier alpha value is -3.40. The highest BCUT2D eigenvalue weighted by atomic mass is 32.1. The third-order valence-electron chi connectivity index (χ3n) is 3.89. The topological polar surface area (TPSA) is 107 Å². The van der Waals surface area contributed by atoms with Crippen LogP contribution >= 0.6 is 11.3 Å². The Morgan fingerprint density at radius 3 is 2.38 bits per heavy atom. The fraction of sp³-hybridized carbons (Fsp3) is 0.263. The third kappa shape index (κ3) is 5.32. The van der Waals surface area contributed by atoms with Gasteiger partial charge in [-0.05, 0) is 23.8 Å². The van der Waals surface area contributed by atoms with Crippen LogP contribution in [0.25, 0.3) is 0 Å². The van der Waals surface area contributed by atoms with Crippen molar-refractivity contribution in [3.05, 3.63) is 47.2 Å². The molecule has 0 radical (unpaired) electrons. The summed E-state index contributed by atoms with van der Waals surface area (Å²) in [6, 6.07) is 5.33. The van der Waals surface area contributed by atoms with Crippen LogP contribution in [0.1, 0.15) is 11.3 Å². The van der Waals surface area contributed by atoms with E-state index in [9.17, 15) is 4.79 Å². The number of hydrogen-bond acceptors (Lipinski definition) is 9. The second-order valence-corrected chi connectivity index (χ2v) is 6.69.